The molecule has 0 spiro atoms. The summed E-state index contributed by atoms with van der Waals surface area (Å²) in [6, 6.07) is 5.05. The second-order valence-electron chi connectivity index (χ2n) is 4.52. The third-order valence-corrected chi connectivity index (χ3v) is 2.97. The summed E-state index contributed by atoms with van der Waals surface area (Å²) >= 11 is 0. The van der Waals surface area contributed by atoms with Gasteiger partial charge in [0, 0.05) is 18.0 Å². The minimum Gasteiger partial charge on any atom is -0.486 e. The average Bonchev–Trinajstić information content (AvgIpc) is 2.47. The van der Waals surface area contributed by atoms with Crippen LogP contribution in [-0.4, -0.2) is 29.1 Å². The number of amides is 1. The van der Waals surface area contributed by atoms with E-state index in [1.165, 1.54) is 6.20 Å². The Kier molecular flexibility index (Phi) is 3.31. The molecule has 0 unspecified atom stereocenters. The summed E-state index contributed by atoms with van der Waals surface area (Å²) in [4.78, 5) is 30.2. The van der Waals surface area contributed by atoms with Crippen LogP contribution in [0.1, 0.15) is 16.2 Å². The summed E-state index contributed by atoms with van der Waals surface area (Å²) in [6.45, 7) is 2.61. The number of ether oxygens (including phenoxy) is 2. The lowest BCUT2D eigenvalue weighted by molar-refractivity contribution is 0.102. The van der Waals surface area contributed by atoms with E-state index in [9.17, 15) is 9.59 Å². The Balaban J connectivity index is 1.83. The molecular weight excluding hydrogens is 274 g/mol. The monoisotopic (exact) mass is 287 g/mol. The summed E-state index contributed by atoms with van der Waals surface area (Å²) in [6.07, 6.45) is 1.25. The standard InChI is InChI=1S/C14H13N3O4/c1-8-15-7-10(13(18)16-8)14(19)17-9-2-3-11-12(6-9)21-5-4-20-11/h2-3,6-7H,4-5H2,1H3,(H,17,19)(H,15,16,18). The van der Waals surface area contributed by atoms with Crippen molar-refractivity contribution < 1.29 is 14.3 Å². The summed E-state index contributed by atoms with van der Waals surface area (Å²) in [5.41, 5.74) is -0.00254. The SMILES string of the molecule is Cc1ncc(C(=O)Nc2ccc3c(c2)OCCO3)c(=O)[nH]1. The second kappa shape index (κ2) is 5.28. The fourth-order valence-electron chi connectivity index (χ4n) is 1.97. The van der Waals surface area contributed by atoms with E-state index in [2.05, 4.69) is 15.3 Å². The van der Waals surface area contributed by atoms with Gasteiger partial charge in [0.05, 0.1) is 0 Å². The van der Waals surface area contributed by atoms with Crippen molar-refractivity contribution in [1.29, 1.82) is 0 Å². The number of H-pyrrole nitrogens is 1. The number of aryl methyl sites for hydroxylation is 1. The van der Waals surface area contributed by atoms with Crippen molar-refractivity contribution in [3.05, 3.63) is 46.1 Å². The number of aromatic nitrogens is 2. The van der Waals surface area contributed by atoms with E-state index in [0.717, 1.165) is 0 Å². The lowest BCUT2D eigenvalue weighted by Gasteiger charge is -2.18. The number of nitrogens with zero attached hydrogens (tertiary/aromatic N) is 1. The molecule has 0 radical (unpaired) electrons. The van der Waals surface area contributed by atoms with Crippen molar-refractivity contribution in [2.24, 2.45) is 0 Å². The molecule has 1 amide bonds. The molecule has 0 saturated heterocycles. The molecule has 1 aliphatic heterocycles. The van der Waals surface area contributed by atoms with E-state index >= 15 is 0 Å². The lowest BCUT2D eigenvalue weighted by atomic mass is 10.2. The molecule has 7 nitrogen and oxygen atoms in total. The number of nitrogens with one attached hydrogen (secondary N) is 2. The third kappa shape index (κ3) is 2.71. The van der Waals surface area contributed by atoms with Crippen LogP contribution in [0.4, 0.5) is 5.69 Å². The molecule has 108 valence electrons. The van der Waals surface area contributed by atoms with Crippen molar-refractivity contribution in [1.82, 2.24) is 9.97 Å². The molecule has 1 aromatic carbocycles. The Morgan fingerprint density at radius 2 is 2.05 bits per heavy atom. The first-order valence-electron chi connectivity index (χ1n) is 6.40. The molecule has 2 aromatic rings. The topological polar surface area (TPSA) is 93.3 Å². The Morgan fingerprint density at radius 3 is 2.81 bits per heavy atom. The smallest absolute Gasteiger partial charge is 0.263 e. The van der Waals surface area contributed by atoms with Crippen LogP contribution < -0.4 is 20.3 Å². The summed E-state index contributed by atoms with van der Waals surface area (Å²) < 4.78 is 10.8. The maximum absolute atomic E-state index is 12.1. The van der Waals surface area contributed by atoms with Gasteiger partial charge in [-0.3, -0.25) is 9.59 Å². The highest BCUT2D eigenvalue weighted by Gasteiger charge is 2.15. The average molecular weight is 287 g/mol. The number of hydrogen-bond acceptors (Lipinski definition) is 5. The predicted molar refractivity (Wildman–Crippen MR) is 75.0 cm³/mol. The van der Waals surface area contributed by atoms with Crippen LogP contribution in [0.15, 0.2) is 29.2 Å². The van der Waals surface area contributed by atoms with Crippen LogP contribution >= 0.6 is 0 Å². The number of benzene rings is 1. The van der Waals surface area contributed by atoms with Crippen molar-refractivity contribution in [3.63, 3.8) is 0 Å². The third-order valence-electron chi connectivity index (χ3n) is 2.97. The molecule has 7 heteroatoms. The molecule has 0 bridgehead atoms. The highest BCUT2D eigenvalue weighted by Crippen LogP contribution is 2.32. The van der Waals surface area contributed by atoms with E-state index in [0.29, 0.717) is 36.2 Å². The molecule has 21 heavy (non-hydrogen) atoms. The molecule has 3 rings (SSSR count). The molecular formula is C14H13N3O4. The summed E-state index contributed by atoms with van der Waals surface area (Å²) in [5, 5.41) is 2.63. The number of fused-ring (bicyclic) bond motifs is 1. The number of hydrogen-bond donors (Lipinski definition) is 2. The first kappa shape index (κ1) is 13.2. The molecule has 2 N–H and O–H groups in total. The molecule has 1 aliphatic rings. The quantitative estimate of drug-likeness (QED) is 0.862. The van der Waals surface area contributed by atoms with E-state index < -0.39 is 11.5 Å². The van der Waals surface area contributed by atoms with Crippen LogP contribution in [0.25, 0.3) is 0 Å². The van der Waals surface area contributed by atoms with Crippen molar-refractivity contribution in [2.75, 3.05) is 18.5 Å². The molecule has 0 atom stereocenters. The van der Waals surface area contributed by atoms with Crippen LogP contribution in [0.2, 0.25) is 0 Å². The van der Waals surface area contributed by atoms with Gasteiger partial charge < -0.3 is 19.8 Å². The number of rotatable bonds is 2. The normalized spacial score (nSPS) is 12.8. The van der Waals surface area contributed by atoms with Crippen molar-refractivity contribution in [3.8, 4) is 11.5 Å². The molecule has 0 fully saturated rings. The molecule has 0 aliphatic carbocycles. The first-order valence-corrected chi connectivity index (χ1v) is 6.40. The molecule has 0 saturated carbocycles. The maximum Gasteiger partial charge on any atom is 0.263 e. The van der Waals surface area contributed by atoms with Gasteiger partial charge in [0.2, 0.25) is 0 Å². The predicted octanol–water partition coefficient (Wildman–Crippen LogP) is 1.10. The zero-order valence-corrected chi connectivity index (χ0v) is 11.3. The zero-order valence-electron chi connectivity index (χ0n) is 11.3. The highest BCUT2D eigenvalue weighted by molar-refractivity contribution is 6.03. The number of carbonyl (C=O) groups is 1. The number of anilines is 1. The Morgan fingerprint density at radius 1 is 1.29 bits per heavy atom. The van der Waals surface area contributed by atoms with Crippen molar-refractivity contribution >= 4 is 11.6 Å². The highest BCUT2D eigenvalue weighted by atomic mass is 16.6. The minimum atomic E-state index is -0.527. The fourth-order valence-corrected chi connectivity index (χ4v) is 1.97. The summed E-state index contributed by atoms with van der Waals surface area (Å²) in [5.74, 6) is 1.13. The van der Waals surface area contributed by atoms with Gasteiger partial charge in [-0.15, -0.1) is 0 Å². The van der Waals surface area contributed by atoms with Gasteiger partial charge in [0.25, 0.3) is 11.5 Å². The van der Waals surface area contributed by atoms with Gasteiger partial charge in [-0.2, -0.15) is 0 Å². The van der Waals surface area contributed by atoms with Gasteiger partial charge in [0.15, 0.2) is 11.5 Å². The second-order valence-corrected chi connectivity index (χ2v) is 4.52. The molecule has 2 heterocycles. The van der Waals surface area contributed by atoms with Crippen LogP contribution in [-0.2, 0) is 0 Å². The number of aromatic amines is 1. The Labute approximate surface area is 119 Å². The van der Waals surface area contributed by atoms with Crippen LogP contribution in [0.3, 0.4) is 0 Å². The van der Waals surface area contributed by atoms with E-state index in [-0.39, 0.29) is 5.56 Å². The zero-order chi connectivity index (χ0) is 14.8. The van der Waals surface area contributed by atoms with Gasteiger partial charge in [0.1, 0.15) is 24.6 Å². The Bertz CT molecular complexity index is 754. The minimum absolute atomic E-state index is 0.0458. The maximum atomic E-state index is 12.1. The van der Waals surface area contributed by atoms with Gasteiger partial charge in [-0.25, -0.2) is 4.98 Å². The lowest BCUT2D eigenvalue weighted by Crippen LogP contribution is -2.24. The molecule has 1 aromatic heterocycles. The van der Waals surface area contributed by atoms with E-state index in [4.69, 9.17) is 9.47 Å². The summed E-state index contributed by atoms with van der Waals surface area (Å²) in [7, 11) is 0. The van der Waals surface area contributed by atoms with Gasteiger partial charge >= 0.3 is 0 Å². The van der Waals surface area contributed by atoms with E-state index in [1.807, 2.05) is 0 Å². The largest absolute Gasteiger partial charge is 0.486 e. The van der Waals surface area contributed by atoms with Gasteiger partial charge in [-0.1, -0.05) is 0 Å². The van der Waals surface area contributed by atoms with Crippen molar-refractivity contribution in [2.45, 2.75) is 6.92 Å². The fraction of sp³-hybridized carbons (Fsp3) is 0.214. The van der Waals surface area contributed by atoms with Crippen LogP contribution in [0, 0.1) is 6.92 Å². The number of carbonyl (C=O) groups excluding carboxylic acids is 1. The van der Waals surface area contributed by atoms with E-state index in [1.54, 1.807) is 25.1 Å². The Hall–Kier alpha value is -2.83. The first-order chi connectivity index (χ1) is 10.1. The van der Waals surface area contributed by atoms with Crippen LogP contribution in [0.5, 0.6) is 11.5 Å². The van der Waals surface area contributed by atoms with Gasteiger partial charge in [-0.05, 0) is 19.1 Å².